The molecule has 1 aromatic heterocycles. The van der Waals surface area contributed by atoms with Crippen LogP contribution in [0.25, 0.3) is 10.8 Å². The second-order valence-electron chi connectivity index (χ2n) is 16.4. The highest BCUT2D eigenvalue weighted by molar-refractivity contribution is 7.90. The number of esters is 1. The summed E-state index contributed by atoms with van der Waals surface area (Å²) in [5.41, 5.74) is -0.729. The quantitative estimate of drug-likeness (QED) is 0.274. The van der Waals surface area contributed by atoms with E-state index in [1.807, 2.05) is 26.8 Å². The molecule has 1 N–H and O–H groups in total. The van der Waals surface area contributed by atoms with Crippen LogP contribution >= 0.6 is 0 Å². The molecule has 2 aliphatic heterocycles. The molecule has 2 saturated carbocycles. The number of allylic oxidation sites excluding steroid dienone is 1. The number of ketones is 1. The maximum atomic E-state index is 14.6. The summed E-state index contributed by atoms with van der Waals surface area (Å²) >= 11 is 0. The second kappa shape index (κ2) is 15.3. The summed E-state index contributed by atoms with van der Waals surface area (Å²) in [6.07, 6.45) is 10.6. The Morgan fingerprint density at radius 2 is 1.81 bits per heavy atom. The first-order chi connectivity index (χ1) is 24.7. The van der Waals surface area contributed by atoms with Crippen molar-refractivity contribution in [3.63, 3.8) is 0 Å². The number of hydrogen-bond donors (Lipinski definition) is 1. The molecule has 4 aliphatic rings. The number of aryl methyl sites for hydroxylation is 1. The maximum Gasteiger partial charge on any atom is 0.306 e. The summed E-state index contributed by atoms with van der Waals surface area (Å²) in [7, 11) is -3.83. The SMILES string of the molecule is C=C[C@@H]1C[C@]1(CC(=O)[C@@H]1C[C@@H]2CN1C(=O)[C@H](C(C)(C)C)CC(=O)OCCCCCCCCc1ccc3ccnc(c3c1)O2)C(=O)NS(=O)(=O)C1CC1. The number of cyclic esters (lactones) is 1. The first-order valence-electron chi connectivity index (χ1n) is 18.9. The Morgan fingerprint density at radius 1 is 1.08 bits per heavy atom. The van der Waals surface area contributed by atoms with Crippen molar-refractivity contribution >= 4 is 44.4 Å². The number of amides is 2. The molecule has 282 valence electrons. The van der Waals surface area contributed by atoms with Gasteiger partial charge in [-0.05, 0) is 72.9 Å². The van der Waals surface area contributed by atoms with E-state index >= 15 is 0 Å². The van der Waals surface area contributed by atoms with Crippen LogP contribution in [0.4, 0.5) is 0 Å². The van der Waals surface area contributed by atoms with Gasteiger partial charge in [0.2, 0.25) is 27.7 Å². The number of nitrogens with one attached hydrogen (secondary N) is 1. The van der Waals surface area contributed by atoms with Gasteiger partial charge in [0.25, 0.3) is 0 Å². The lowest BCUT2D eigenvalue weighted by Crippen LogP contribution is -2.48. The third-order valence-corrected chi connectivity index (χ3v) is 13.2. The monoisotopic (exact) mass is 735 g/mol. The van der Waals surface area contributed by atoms with Gasteiger partial charge in [0.1, 0.15) is 6.10 Å². The van der Waals surface area contributed by atoms with E-state index in [9.17, 15) is 27.6 Å². The van der Waals surface area contributed by atoms with Crippen LogP contribution in [0.3, 0.4) is 0 Å². The van der Waals surface area contributed by atoms with Crippen molar-refractivity contribution in [2.45, 2.75) is 122 Å². The Bertz CT molecular complexity index is 1820. The minimum atomic E-state index is -3.83. The van der Waals surface area contributed by atoms with Crippen molar-refractivity contribution in [3.8, 4) is 5.88 Å². The Kier molecular flexibility index (Phi) is 11.1. The zero-order chi connectivity index (χ0) is 37.3. The number of Topliss-reactive ketones (excluding diaryl/α,β-unsaturated/α-hetero) is 1. The van der Waals surface area contributed by atoms with Crippen LogP contribution in [-0.4, -0.2) is 72.4 Å². The molecule has 2 aromatic rings. The van der Waals surface area contributed by atoms with Gasteiger partial charge in [0, 0.05) is 24.4 Å². The fourth-order valence-electron chi connectivity index (χ4n) is 7.85. The molecule has 5 atom stereocenters. The second-order valence-corrected chi connectivity index (χ2v) is 18.3. The highest BCUT2D eigenvalue weighted by Gasteiger charge is 2.61. The number of fused-ring (bicyclic) bond motifs is 3. The largest absolute Gasteiger partial charge is 0.472 e. The van der Waals surface area contributed by atoms with Crippen molar-refractivity contribution in [1.82, 2.24) is 14.6 Å². The van der Waals surface area contributed by atoms with E-state index in [-0.39, 0.29) is 49.8 Å². The summed E-state index contributed by atoms with van der Waals surface area (Å²) < 4.78 is 39.8. The molecule has 1 saturated heterocycles. The Hall–Kier alpha value is -3.80. The number of ether oxygens (including phenoxy) is 2. The maximum absolute atomic E-state index is 14.6. The average Bonchev–Trinajstić information content (AvgIpc) is 4.02. The van der Waals surface area contributed by atoms with E-state index in [2.05, 4.69) is 34.5 Å². The van der Waals surface area contributed by atoms with E-state index in [1.54, 1.807) is 12.3 Å². The lowest BCUT2D eigenvalue weighted by atomic mass is 9.77. The van der Waals surface area contributed by atoms with Gasteiger partial charge < -0.3 is 14.4 Å². The van der Waals surface area contributed by atoms with Crippen molar-refractivity contribution in [3.05, 3.63) is 48.7 Å². The van der Waals surface area contributed by atoms with E-state index in [1.165, 1.54) is 10.5 Å². The minimum absolute atomic E-state index is 0.0781. The van der Waals surface area contributed by atoms with Crippen LogP contribution in [0.5, 0.6) is 5.88 Å². The lowest BCUT2D eigenvalue weighted by Gasteiger charge is -2.34. The van der Waals surface area contributed by atoms with Gasteiger partial charge in [-0.2, -0.15) is 0 Å². The number of pyridine rings is 1. The number of aromatic nitrogens is 1. The van der Waals surface area contributed by atoms with Gasteiger partial charge in [-0.3, -0.25) is 23.9 Å². The Morgan fingerprint density at radius 3 is 2.50 bits per heavy atom. The molecule has 0 spiro atoms. The molecular formula is C40H53N3O8S. The predicted molar refractivity (Wildman–Crippen MR) is 197 cm³/mol. The van der Waals surface area contributed by atoms with Gasteiger partial charge in [-0.25, -0.2) is 13.4 Å². The average molecular weight is 736 g/mol. The zero-order valence-electron chi connectivity index (χ0n) is 30.7. The van der Waals surface area contributed by atoms with E-state index in [4.69, 9.17) is 9.47 Å². The third kappa shape index (κ3) is 8.53. The molecule has 4 bridgehead atoms. The molecule has 3 heterocycles. The van der Waals surface area contributed by atoms with Crippen LogP contribution < -0.4 is 9.46 Å². The van der Waals surface area contributed by atoms with Crippen molar-refractivity contribution in [1.29, 1.82) is 0 Å². The van der Waals surface area contributed by atoms with Crippen molar-refractivity contribution in [2.75, 3.05) is 13.2 Å². The van der Waals surface area contributed by atoms with Crippen LogP contribution in [-0.2, 0) is 40.4 Å². The highest BCUT2D eigenvalue weighted by atomic mass is 32.2. The molecule has 12 heteroatoms. The fourth-order valence-corrected chi connectivity index (χ4v) is 9.23. The summed E-state index contributed by atoms with van der Waals surface area (Å²) in [5, 5.41) is 1.23. The zero-order valence-corrected chi connectivity index (χ0v) is 31.5. The van der Waals surface area contributed by atoms with Gasteiger partial charge in [0.05, 0.1) is 42.2 Å². The van der Waals surface area contributed by atoms with Crippen molar-refractivity contribution in [2.24, 2.45) is 22.7 Å². The number of carbonyl (C=O) groups is 4. The molecule has 1 aromatic carbocycles. The first kappa shape index (κ1) is 37.9. The fraction of sp³-hybridized carbons (Fsp3) is 0.625. The standard InChI is InChI=1S/C40H53N3O8S/c1-5-28-23-40(28,38(47)42-52(48,49)30-15-16-30)24-34(44)33-21-29-25-43(33)37(46)32(39(2,3)4)22-35(45)50-19-11-9-7-6-8-10-12-26-13-14-27-17-18-41-36(51-29)31(27)20-26/h5,13-14,17-18,20,28-30,32-33H,1,6-12,15-16,19,21-25H2,2-4H3,(H,42,47)/t28-,29-,32-,33+,40-/m1/s1. The molecule has 0 unspecified atom stereocenters. The van der Waals surface area contributed by atoms with Crippen molar-refractivity contribution < 1.29 is 37.1 Å². The summed E-state index contributed by atoms with van der Waals surface area (Å²) in [5.74, 6) is -2.63. The van der Waals surface area contributed by atoms with E-state index < -0.39 is 56.0 Å². The Balaban J connectivity index is 1.31. The van der Waals surface area contributed by atoms with Gasteiger partial charge in [-0.1, -0.05) is 64.7 Å². The number of rotatable bonds is 7. The molecular weight excluding hydrogens is 683 g/mol. The summed E-state index contributed by atoms with van der Waals surface area (Å²) in [4.78, 5) is 61.7. The third-order valence-electron chi connectivity index (χ3n) is 11.4. The molecule has 6 rings (SSSR count). The first-order valence-corrected chi connectivity index (χ1v) is 20.5. The van der Waals surface area contributed by atoms with E-state index in [0.717, 1.165) is 55.7 Å². The number of hydrogen-bond acceptors (Lipinski definition) is 9. The van der Waals surface area contributed by atoms with Gasteiger partial charge in [-0.15, -0.1) is 6.58 Å². The van der Waals surface area contributed by atoms with Gasteiger partial charge >= 0.3 is 5.97 Å². The lowest BCUT2D eigenvalue weighted by molar-refractivity contribution is -0.153. The minimum Gasteiger partial charge on any atom is -0.472 e. The number of sulfonamides is 1. The molecule has 2 aliphatic carbocycles. The number of nitrogens with zero attached hydrogens (tertiary/aromatic N) is 2. The highest BCUT2D eigenvalue weighted by Crippen LogP contribution is 2.57. The number of benzene rings is 1. The molecule has 0 radical (unpaired) electrons. The molecule has 11 nitrogen and oxygen atoms in total. The van der Waals surface area contributed by atoms with Gasteiger partial charge in [0.15, 0.2) is 5.78 Å². The summed E-state index contributed by atoms with van der Waals surface area (Å²) in [6.45, 7) is 9.87. The van der Waals surface area contributed by atoms with E-state index in [0.29, 0.717) is 25.3 Å². The van der Waals surface area contributed by atoms with Crippen LogP contribution in [0.2, 0.25) is 0 Å². The molecule has 3 fully saturated rings. The van der Waals surface area contributed by atoms with Crippen LogP contribution in [0.1, 0.15) is 103 Å². The topological polar surface area (TPSA) is 149 Å². The molecule has 52 heavy (non-hydrogen) atoms. The predicted octanol–water partition coefficient (Wildman–Crippen LogP) is 5.84. The van der Waals surface area contributed by atoms with Crippen LogP contribution in [0.15, 0.2) is 43.1 Å². The molecule has 2 amide bonds. The number of carbonyl (C=O) groups excluding carboxylic acids is 4. The smallest absolute Gasteiger partial charge is 0.306 e. The normalized spacial score (nSPS) is 28.0. The Labute approximate surface area is 307 Å². The summed E-state index contributed by atoms with van der Waals surface area (Å²) in [6, 6.07) is 7.27. The van der Waals surface area contributed by atoms with Crippen LogP contribution in [0, 0.1) is 22.7 Å².